The molecule has 2 aromatic carbocycles. The Kier molecular flexibility index (Phi) is 7.92. The summed E-state index contributed by atoms with van der Waals surface area (Å²) in [6.45, 7) is 10.6. The molecule has 1 saturated heterocycles. The molecule has 1 aliphatic heterocycles. The van der Waals surface area contributed by atoms with E-state index in [1.54, 1.807) is 23.1 Å². The number of carbonyl (C=O) groups excluding carboxylic acids is 2. The molecule has 0 saturated carbocycles. The second-order valence-corrected chi connectivity index (χ2v) is 9.09. The highest BCUT2D eigenvalue weighted by atomic mass is 35.5. The van der Waals surface area contributed by atoms with Crippen molar-refractivity contribution in [1.82, 2.24) is 4.90 Å². The number of nitrogens with zero attached hydrogens (tertiary/aromatic N) is 2. The summed E-state index contributed by atoms with van der Waals surface area (Å²) in [6, 6.07) is 12.3. The number of halogens is 1. The van der Waals surface area contributed by atoms with Gasteiger partial charge in [0.1, 0.15) is 11.4 Å². The highest BCUT2D eigenvalue weighted by Crippen LogP contribution is 2.28. The van der Waals surface area contributed by atoms with Crippen molar-refractivity contribution in [3.05, 3.63) is 47.5 Å². The molecule has 0 unspecified atom stereocenters. The van der Waals surface area contributed by atoms with Crippen molar-refractivity contribution >= 4 is 40.8 Å². The summed E-state index contributed by atoms with van der Waals surface area (Å²) in [6.07, 6.45) is -0.278. The number of hydrogen-bond donors (Lipinski definition) is 2. The maximum atomic E-state index is 12.5. The standard InChI is InChI=1S/C24H31ClN4O4/c1-5-32-21-11-6-17(25)16-20(21)27-22(30)26-18-7-9-19(10-8-18)28-12-14-29(15-13-28)23(31)33-24(2,3)4/h6-11,16H,5,12-15H2,1-4H3,(H2,26,27,30). The predicted molar refractivity (Wildman–Crippen MR) is 132 cm³/mol. The summed E-state index contributed by atoms with van der Waals surface area (Å²) in [5.74, 6) is 0.554. The van der Waals surface area contributed by atoms with E-state index in [9.17, 15) is 9.59 Å². The normalized spacial score (nSPS) is 14.0. The third-order valence-electron chi connectivity index (χ3n) is 4.91. The summed E-state index contributed by atoms with van der Waals surface area (Å²) in [7, 11) is 0. The molecule has 0 radical (unpaired) electrons. The van der Waals surface area contributed by atoms with Gasteiger partial charge in [-0.15, -0.1) is 0 Å². The van der Waals surface area contributed by atoms with Gasteiger partial charge in [-0.3, -0.25) is 0 Å². The zero-order chi connectivity index (χ0) is 24.0. The lowest BCUT2D eigenvalue weighted by molar-refractivity contribution is 0.0240. The third-order valence-corrected chi connectivity index (χ3v) is 5.15. The van der Waals surface area contributed by atoms with Crippen molar-refractivity contribution in [1.29, 1.82) is 0 Å². The fourth-order valence-electron chi connectivity index (χ4n) is 3.40. The van der Waals surface area contributed by atoms with E-state index in [-0.39, 0.29) is 6.09 Å². The number of anilines is 3. The number of benzene rings is 2. The van der Waals surface area contributed by atoms with Crippen LogP contribution in [0.2, 0.25) is 5.02 Å². The molecule has 9 heteroatoms. The smallest absolute Gasteiger partial charge is 0.410 e. The van der Waals surface area contributed by atoms with Crippen molar-refractivity contribution in [2.24, 2.45) is 0 Å². The van der Waals surface area contributed by atoms with Gasteiger partial charge >= 0.3 is 12.1 Å². The van der Waals surface area contributed by atoms with Crippen LogP contribution in [-0.4, -0.2) is 55.4 Å². The number of urea groups is 1. The minimum atomic E-state index is -0.499. The zero-order valence-electron chi connectivity index (χ0n) is 19.5. The van der Waals surface area contributed by atoms with E-state index in [4.69, 9.17) is 21.1 Å². The minimum Gasteiger partial charge on any atom is -0.492 e. The van der Waals surface area contributed by atoms with Crippen LogP contribution < -0.4 is 20.3 Å². The molecular weight excluding hydrogens is 444 g/mol. The lowest BCUT2D eigenvalue weighted by Gasteiger charge is -2.36. The quantitative estimate of drug-likeness (QED) is 0.602. The Hall–Kier alpha value is -3.13. The first-order chi connectivity index (χ1) is 15.6. The van der Waals surface area contributed by atoms with E-state index in [0.29, 0.717) is 54.9 Å². The number of ether oxygens (including phenoxy) is 2. The number of rotatable bonds is 5. The number of piperazine rings is 1. The molecule has 2 aromatic rings. The van der Waals surface area contributed by atoms with Crippen LogP contribution in [0.25, 0.3) is 0 Å². The van der Waals surface area contributed by atoms with Crippen molar-refractivity contribution < 1.29 is 19.1 Å². The number of nitrogens with one attached hydrogen (secondary N) is 2. The SMILES string of the molecule is CCOc1ccc(Cl)cc1NC(=O)Nc1ccc(N2CCN(C(=O)OC(C)(C)C)CC2)cc1. The Morgan fingerprint density at radius 2 is 1.67 bits per heavy atom. The molecular formula is C24H31ClN4O4. The number of hydrogen-bond acceptors (Lipinski definition) is 5. The van der Waals surface area contributed by atoms with Gasteiger partial charge in [-0.2, -0.15) is 0 Å². The molecule has 3 rings (SSSR count). The van der Waals surface area contributed by atoms with E-state index in [2.05, 4.69) is 15.5 Å². The monoisotopic (exact) mass is 474 g/mol. The van der Waals surface area contributed by atoms with Crippen molar-refractivity contribution in [3.63, 3.8) is 0 Å². The second kappa shape index (κ2) is 10.7. The van der Waals surface area contributed by atoms with Gasteiger partial charge in [-0.05, 0) is 70.2 Å². The topological polar surface area (TPSA) is 83.1 Å². The minimum absolute atomic E-state index is 0.278. The Balaban J connectivity index is 1.53. The van der Waals surface area contributed by atoms with Gasteiger partial charge < -0.3 is 29.9 Å². The summed E-state index contributed by atoms with van der Waals surface area (Å²) >= 11 is 6.05. The van der Waals surface area contributed by atoms with Gasteiger partial charge in [0.25, 0.3) is 0 Å². The van der Waals surface area contributed by atoms with Crippen molar-refractivity contribution in [2.75, 3.05) is 48.3 Å². The van der Waals surface area contributed by atoms with E-state index >= 15 is 0 Å². The zero-order valence-corrected chi connectivity index (χ0v) is 20.2. The lowest BCUT2D eigenvalue weighted by Crippen LogP contribution is -2.50. The fraction of sp³-hybridized carbons (Fsp3) is 0.417. The molecule has 0 aromatic heterocycles. The summed E-state index contributed by atoms with van der Waals surface area (Å²) in [5.41, 5.74) is 1.68. The molecule has 1 heterocycles. The Bertz CT molecular complexity index is 967. The summed E-state index contributed by atoms with van der Waals surface area (Å²) < 4.78 is 11.0. The lowest BCUT2D eigenvalue weighted by atomic mass is 10.2. The Morgan fingerprint density at radius 3 is 2.27 bits per heavy atom. The van der Waals surface area contributed by atoms with Gasteiger partial charge in [-0.1, -0.05) is 11.6 Å². The van der Waals surface area contributed by atoms with Crippen LogP contribution >= 0.6 is 11.6 Å². The van der Waals surface area contributed by atoms with Crippen LogP contribution in [0.4, 0.5) is 26.7 Å². The van der Waals surface area contributed by atoms with Crippen LogP contribution in [0.1, 0.15) is 27.7 Å². The predicted octanol–water partition coefficient (Wildman–Crippen LogP) is 5.44. The Labute approximate surface area is 199 Å². The summed E-state index contributed by atoms with van der Waals surface area (Å²) in [5, 5.41) is 6.10. The highest BCUT2D eigenvalue weighted by Gasteiger charge is 2.26. The molecule has 0 aliphatic carbocycles. The van der Waals surface area contributed by atoms with E-state index in [0.717, 1.165) is 5.69 Å². The molecule has 0 bridgehead atoms. The van der Waals surface area contributed by atoms with E-state index in [1.807, 2.05) is 52.0 Å². The molecule has 0 atom stereocenters. The molecule has 8 nitrogen and oxygen atoms in total. The average Bonchev–Trinajstić information content (AvgIpc) is 2.75. The van der Waals surface area contributed by atoms with Gasteiger partial charge in [0.05, 0.1) is 12.3 Å². The van der Waals surface area contributed by atoms with E-state index in [1.165, 1.54) is 0 Å². The first kappa shape index (κ1) is 24.5. The molecule has 33 heavy (non-hydrogen) atoms. The molecule has 1 fully saturated rings. The fourth-order valence-corrected chi connectivity index (χ4v) is 3.57. The van der Waals surface area contributed by atoms with Gasteiger partial charge in [-0.25, -0.2) is 9.59 Å². The van der Waals surface area contributed by atoms with Gasteiger partial charge in [0.2, 0.25) is 0 Å². The Morgan fingerprint density at radius 1 is 1.00 bits per heavy atom. The van der Waals surface area contributed by atoms with E-state index < -0.39 is 11.6 Å². The highest BCUT2D eigenvalue weighted by molar-refractivity contribution is 6.31. The molecule has 3 amide bonds. The van der Waals surface area contributed by atoms with Crippen LogP contribution in [0.3, 0.4) is 0 Å². The molecule has 2 N–H and O–H groups in total. The van der Waals surface area contributed by atoms with Crippen LogP contribution in [0.15, 0.2) is 42.5 Å². The molecule has 0 spiro atoms. The van der Waals surface area contributed by atoms with Crippen molar-refractivity contribution in [2.45, 2.75) is 33.3 Å². The van der Waals surface area contributed by atoms with Crippen LogP contribution in [0.5, 0.6) is 5.75 Å². The second-order valence-electron chi connectivity index (χ2n) is 8.65. The molecule has 1 aliphatic rings. The van der Waals surface area contributed by atoms with Crippen LogP contribution in [0, 0.1) is 0 Å². The van der Waals surface area contributed by atoms with Gasteiger partial charge in [0, 0.05) is 42.6 Å². The maximum absolute atomic E-state index is 12.5. The van der Waals surface area contributed by atoms with Gasteiger partial charge in [0.15, 0.2) is 0 Å². The summed E-state index contributed by atoms with van der Waals surface area (Å²) in [4.78, 5) is 28.6. The van der Waals surface area contributed by atoms with Crippen LogP contribution in [-0.2, 0) is 4.74 Å². The first-order valence-corrected chi connectivity index (χ1v) is 11.4. The van der Waals surface area contributed by atoms with Crippen molar-refractivity contribution in [3.8, 4) is 5.75 Å². The molecule has 178 valence electrons. The number of carbonyl (C=O) groups is 2. The number of amides is 3. The average molecular weight is 475 g/mol. The first-order valence-electron chi connectivity index (χ1n) is 11.0. The largest absolute Gasteiger partial charge is 0.492 e. The third kappa shape index (κ3) is 7.18. The maximum Gasteiger partial charge on any atom is 0.410 e.